The number of fused-ring (bicyclic) bond motifs is 1. The maximum Gasteiger partial charge on any atom is 0.161 e. The molecule has 0 saturated heterocycles. The first-order valence-electron chi connectivity index (χ1n) is 9.90. The normalized spacial score (nSPS) is 11.0. The summed E-state index contributed by atoms with van der Waals surface area (Å²) in [6.07, 6.45) is 0.838. The third-order valence-electron chi connectivity index (χ3n) is 4.88. The number of methoxy groups -OCH3 is 1. The number of rotatable bonds is 9. The summed E-state index contributed by atoms with van der Waals surface area (Å²) in [6.45, 7) is 1.96. The Bertz CT molecular complexity index is 1090. The smallest absolute Gasteiger partial charge is 0.161 e. The van der Waals surface area contributed by atoms with Gasteiger partial charge in [0.1, 0.15) is 12.4 Å². The van der Waals surface area contributed by atoms with Gasteiger partial charge in [-0.15, -0.1) is 0 Å². The van der Waals surface area contributed by atoms with E-state index in [9.17, 15) is 0 Å². The third-order valence-corrected chi connectivity index (χ3v) is 5.24. The summed E-state index contributed by atoms with van der Waals surface area (Å²) >= 11 is 6.20. The molecule has 3 aromatic carbocycles. The molecule has 1 aromatic heterocycles. The number of nitrogens with zero attached hydrogens (tertiary/aromatic N) is 1. The van der Waals surface area contributed by atoms with Crippen molar-refractivity contribution in [2.24, 2.45) is 0 Å². The zero-order valence-electron chi connectivity index (χ0n) is 16.8. The van der Waals surface area contributed by atoms with Crippen molar-refractivity contribution in [3.63, 3.8) is 0 Å². The van der Waals surface area contributed by atoms with E-state index in [-0.39, 0.29) is 0 Å². The van der Waals surface area contributed by atoms with E-state index in [2.05, 4.69) is 15.3 Å². The molecule has 30 heavy (non-hydrogen) atoms. The van der Waals surface area contributed by atoms with Crippen LogP contribution in [-0.2, 0) is 19.6 Å². The fourth-order valence-corrected chi connectivity index (χ4v) is 3.47. The first kappa shape index (κ1) is 20.3. The monoisotopic (exact) mass is 421 g/mol. The molecule has 4 aromatic rings. The lowest BCUT2D eigenvalue weighted by molar-refractivity contribution is 0.284. The van der Waals surface area contributed by atoms with Crippen LogP contribution in [0.1, 0.15) is 17.0 Å². The van der Waals surface area contributed by atoms with Crippen LogP contribution < -0.4 is 14.8 Å². The Morgan fingerprint density at radius 1 is 1.00 bits per heavy atom. The summed E-state index contributed by atoms with van der Waals surface area (Å²) in [4.78, 5) is 7.96. The summed E-state index contributed by atoms with van der Waals surface area (Å²) < 4.78 is 11.4. The van der Waals surface area contributed by atoms with Crippen molar-refractivity contribution in [2.75, 3.05) is 13.7 Å². The number of halogens is 1. The van der Waals surface area contributed by atoms with Crippen LogP contribution in [0.3, 0.4) is 0 Å². The number of benzene rings is 3. The molecule has 0 aliphatic rings. The van der Waals surface area contributed by atoms with Crippen molar-refractivity contribution in [3.8, 4) is 11.5 Å². The number of ether oxygens (including phenoxy) is 2. The molecule has 0 amide bonds. The first-order valence-corrected chi connectivity index (χ1v) is 10.3. The number of aromatic amines is 1. The Kier molecular flexibility index (Phi) is 6.52. The summed E-state index contributed by atoms with van der Waals surface area (Å²) in [7, 11) is 1.65. The molecule has 0 aliphatic heterocycles. The highest BCUT2D eigenvalue weighted by Gasteiger charge is 2.08. The van der Waals surface area contributed by atoms with E-state index < -0.39 is 0 Å². The quantitative estimate of drug-likeness (QED) is 0.367. The van der Waals surface area contributed by atoms with Gasteiger partial charge in [-0.1, -0.05) is 48.0 Å². The Labute approximate surface area is 181 Å². The molecule has 1 heterocycles. The number of hydrogen-bond acceptors (Lipinski definition) is 4. The maximum atomic E-state index is 6.20. The van der Waals surface area contributed by atoms with E-state index in [0.717, 1.165) is 47.5 Å². The molecule has 6 heteroatoms. The van der Waals surface area contributed by atoms with Crippen molar-refractivity contribution in [3.05, 3.63) is 88.7 Å². The Balaban J connectivity index is 1.30. The molecule has 0 aliphatic carbocycles. The predicted octanol–water partition coefficient (Wildman–Crippen LogP) is 5.14. The SMILES string of the molecule is COc1cc(CNCCc2nc3ccccc3[nH]2)ccc1OCc1ccccc1Cl. The van der Waals surface area contributed by atoms with E-state index in [4.69, 9.17) is 21.1 Å². The van der Waals surface area contributed by atoms with E-state index in [1.165, 1.54) is 0 Å². The lowest BCUT2D eigenvalue weighted by Gasteiger charge is -2.13. The molecule has 0 fully saturated rings. The molecule has 0 spiro atoms. The Hall–Kier alpha value is -3.02. The van der Waals surface area contributed by atoms with Crippen LogP contribution in [0, 0.1) is 0 Å². The van der Waals surface area contributed by atoms with Gasteiger partial charge < -0.3 is 19.8 Å². The summed E-state index contributed by atoms with van der Waals surface area (Å²) in [5.74, 6) is 2.40. The number of para-hydroxylation sites is 2. The minimum Gasteiger partial charge on any atom is -0.493 e. The van der Waals surface area contributed by atoms with E-state index in [1.807, 2.05) is 66.7 Å². The second kappa shape index (κ2) is 9.65. The molecule has 154 valence electrons. The average molecular weight is 422 g/mol. The fraction of sp³-hybridized carbons (Fsp3) is 0.208. The van der Waals surface area contributed by atoms with Crippen LogP contribution in [0.4, 0.5) is 0 Å². The second-order valence-corrected chi connectivity index (χ2v) is 7.40. The lowest BCUT2D eigenvalue weighted by atomic mass is 10.2. The van der Waals surface area contributed by atoms with Gasteiger partial charge in [-0.2, -0.15) is 0 Å². The van der Waals surface area contributed by atoms with Gasteiger partial charge in [-0.05, 0) is 35.9 Å². The highest BCUT2D eigenvalue weighted by atomic mass is 35.5. The van der Waals surface area contributed by atoms with Crippen molar-refractivity contribution in [1.82, 2.24) is 15.3 Å². The summed E-state index contributed by atoms with van der Waals surface area (Å²) in [5.41, 5.74) is 4.15. The van der Waals surface area contributed by atoms with Crippen LogP contribution in [0.25, 0.3) is 11.0 Å². The van der Waals surface area contributed by atoms with Gasteiger partial charge in [0.2, 0.25) is 0 Å². The largest absolute Gasteiger partial charge is 0.493 e. The minimum absolute atomic E-state index is 0.394. The third kappa shape index (κ3) is 4.93. The highest BCUT2D eigenvalue weighted by molar-refractivity contribution is 6.31. The molecule has 5 nitrogen and oxygen atoms in total. The van der Waals surface area contributed by atoms with Crippen LogP contribution in [0.2, 0.25) is 5.02 Å². The standard InChI is InChI=1S/C24H24ClN3O2/c1-29-23-14-17(10-11-22(23)30-16-18-6-2-3-7-19(18)25)15-26-13-12-24-27-20-8-4-5-9-21(20)28-24/h2-11,14,26H,12-13,15-16H2,1H3,(H,27,28). The molecule has 2 N–H and O–H groups in total. The zero-order valence-corrected chi connectivity index (χ0v) is 17.6. The van der Waals surface area contributed by atoms with Gasteiger partial charge in [0.05, 0.1) is 18.1 Å². The van der Waals surface area contributed by atoms with Gasteiger partial charge in [0.15, 0.2) is 11.5 Å². The molecule has 0 bridgehead atoms. The van der Waals surface area contributed by atoms with Crippen LogP contribution >= 0.6 is 11.6 Å². The molecule has 0 unspecified atom stereocenters. The van der Waals surface area contributed by atoms with E-state index >= 15 is 0 Å². The first-order chi connectivity index (χ1) is 14.7. The topological polar surface area (TPSA) is 59.2 Å². The van der Waals surface area contributed by atoms with Crippen molar-refractivity contribution in [2.45, 2.75) is 19.6 Å². The van der Waals surface area contributed by atoms with E-state index in [1.54, 1.807) is 7.11 Å². The fourth-order valence-electron chi connectivity index (χ4n) is 3.28. The van der Waals surface area contributed by atoms with Crippen molar-refractivity contribution in [1.29, 1.82) is 0 Å². The average Bonchev–Trinajstić information content (AvgIpc) is 3.19. The molecule has 0 saturated carbocycles. The highest BCUT2D eigenvalue weighted by Crippen LogP contribution is 2.29. The summed E-state index contributed by atoms with van der Waals surface area (Å²) in [6, 6.07) is 21.7. The Morgan fingerprint density at radius 2 is 1.83 bits per heavy atom. The number of H-pyrrole nitrogens is 1. The van der Waals surface area contributed by atoms with Gasteiger partial charge in [-0.3, -0.25) is 0 Å². The number of imidazole rings is 1. The van der Waals surface area contributed by atoms with Gasteiger partial charge in [0.25, 0.3) is 0 Å². The van der Waals surface area contributed by atoms with Crippen LogP contribution in [0.5, 0.6) is 11.5 Å². The molecular weight excluding hydrogens is 398 g/mol. The number of aromatic nitrogens is 2. The lowest BCUT2D eigenvalue weighted by Crippen LogP contribution is -2.17. The van der Waals surface area contributed by atoms with Gasteiger partial charge in [-0.25, -0.2) is 4.98 Å². The maximum absolute atomic E-state index is 6.20. The number of hydrogen-bond donors (Lipinski definition) is 2. The minimum atomic E-state index is 0.394. The van der Waals surface area contributed by atoms with Crippen molar-refractivity contribution >= 4 is 22.6 Å². The van der Waals surface area contributed by atoms with Crippen molar-refractivity contribution < 1.29 is 9.47 Å². The zero-order chi connectivity index (χ0) is 20.8. The Morgan fingerprint density at radius 3 is 2.67 bits per heavy atom. The van der Waals surface area contributed by atoms with Crippen LogP contribution in [0.15, 0.2) is 66.7 Å². The molecule has 4 rings (SSSR count). The van der Waals surface area contributed by atoms with Gasteiger partial charge in [0, 0.05) is 30.1 Å². The van der Waals surface area contributed by atoms with Gasteiger partial charge >= 0.3 is 0 Å². The second-order valence-electron chi connectivity index (χ2n) is 6.99. The summed E-state index contributed by atoms with van der Waals surface area (Å²) in [5, 5.41) is 4.15. The molecule has 0 atom stereocenters. The predicted molar refractivity (Wildman–Crippen MR) is 120 cm³/mol. The molecule has 0 radical (unpaired) electrons. The number of nitrogens with one attached hydrogen (secondary N) is 2. The molecular formula is C24H24ClN3O2. The van der Waals surface area contributed by atoms with E-state index in [0.29, 0.717) is 23.1 Å². The van der Waals surface area contributed by atoms with Crippen LogP contribution in [-0.4, -0.2) is 23.6 Å².